The molecule has 0 bridgehead atoms. The van der Waals surface area contributed by atoms with E-state index in [4.69, 9.17) is 0 Å². The predicted octanol–water partition coefficient (Wildman–Crippen LogP) is 8.00. The van der Waals surface area contributed by atoms with E-state index in [1.54, 1.807) is 47.8 Å². The number of H-pyrrole nitrogens is 1. The molecule has 1 N–H and O–H groups in total. The van der Waals surface area contributed by atoms with Gasteiger partial charge in [0.1, 0.15) is 0 Å². The lowest BCUT2D eigenvalue weighted by Gasteiger charge is -2.19. The minimum Gasteiger partial charge on any atom is -0.354 e. The molecule has 1 nitrogen and oxygen atoms in total. The monoisotopic (exact) mass is 439 g/mol. The Balaban J connectivity index is 2.00. The van der Waals surface area contributed by atoms with Crippen LogP contribution < -0.4 is 0 Å². The lowest BCUT2D eigenvalue weighted by molar-refractivity contribution is -0.138. The van der Waals surface area contributed by atoms with E-state index in [1.165, 1.54) is 17.4 Å². The molecule has 0 radical (unpaired) electrons. The Bertz CT molecular complexity index is 1140. The van der Waals surface area contributed by atoms with Gasteiger partial charge in [-0.25, -0.2) is 0 Å². The molecule has 0 aliphatic heterocycles. The fourth-order valence-electron chi connectivity index (χ4n) is 3.66. The molecular formula is C22H15F6NS. The van der Waals surface area contributed by atoms with Crippen LogP contribution in [-0.2, 0) is 6.18 Å². The second-order valence-corrected chi connectivity index (χ2v) is 7.90. The topological polar surface area (TPSA) is 15.8 Å². The number of alkyl halides is 6. The Morgan fingerprint density at radius 3 is 2.20 bits per heavy atom. The van der Waals surface area contributed by atoms with Gasteiger partial charge in [-0.15, -0.1) is 11.3 Å². The van der Waals surface area contributed by atoms with Crippen LogP contribution in [0.2, 0.25) is 0 Å². The molecule has 0 aliphatic carbocycles. The second kappa shape index (κ2) is 7.50. The summed E-state index contributed by atoms with van der Waals surface area (Å²) in [5.41, 5.74) is 0.659. The number of halogens is 6. The molecule has 0 spiro atoms. The fourth-order valence-corrected chi connectivity index (χ4v) is 4.49. The first-order chi connectivity index (χ1) is 14.1. The van der Waals surface area contributed by atoms with Crippen LogP contribution in [0.1, 0.15) is 28.3 Å². The minimum atomic E-state index is -4.55. The van der Waals surface area contributed by atoms with Crippen LogP contribution in [-0.4, -0.2) is 11.2 Å². The first-order valence-corrected chi connectivity index (χ1v) is 9.90. The molecule has 0 saturated carbocycles. The molecule has 30 heavy (non-hydrogen) atoms. The zero-order valence-electron chi connectivity index (χ0n) is 15.3. The average molecular weight is 439 g/mol. The number of rotatable bonds is 4. The smallest absolute Gasteiger partial charge is 0.354 e. The van der Waals surface area contributed by atoms with E-state index >= 15 is 0 Å². The van der Waals surface area contributed by atoms with Crippen LogP contribution in [0.25, 0.3) is 22.2 Å². The van der Waals surface area contributed by atoms with Gasteiger partial charge in [-0.05, 0) is 34.7 Å². The molecule has 8 heteroatoms. The van der Waals surface area contributed by atoms with Crippen LogP contribution in [0.3, 0.4) is 0 Å². The van der Waals surface area contributed by atoms with E-state index in [0.717, 1.165) is 12.1 Å². The standard InChI is InChI=1S/C22H15F6NS/c23-21(24,25)12-16(18-7-4-10-30-18)19-15-9-8-14(22(26,27)28)11-17(15)29-20(19)13-5-2-1-3-6-13/h1-11,16,29H,12H2/t16-/m0/s1. The minimum absolute atomic E-state index is 0.155. The number of aromatic amines is 1. The molecule has 156 valence electrons. The highest BCUT2D eigenvalue weighted by atomic mass is 32.1. The lowest BCUT2D eigenvalue weighted by atomic mass is 9.89. The SMILES string of the molecule is FC(F)(F)C[C@@H](c1cccs1)c1c(-c2ccccc2)[nH]c2cc(C(F)(F)F)ccc12. The lowest BCUT2D eigenvalue weighted by Crippen LogP contribution is -2.14. The molecule has 0 amide bonds. The van der Waals surface area contributed by atoms with Crippen molar-refractivity contribution in [2.45, 2.75) is 24.7 Å². The van der Waals surface area contributed by atoms with E-state index < -0.39 is 30.3 Å². The van der Waals surface area contributed by atoms with Gasteiger partial charge >= 0.3 is 12.4 Å². The molecule has 2 aromatic heterocycles. The zero-order chi connectivity index (χ0) is 21.5. The molecular weight excluding hydrogens is 424 g/mol. The maximum absolute atomic E-state index is 13.5. The molecule has 0 saturated heterocycles. The van der Waals surface area contributed by atoms with Crippen molar-refractivity contribution < 1.29 is 26.3 Å². The molecule has 2 aromatic carbocycles. The van der Waals surface area contributed by atoms with Gasteiger partial charge < -0.3 is 4.98 Å². The van der Waals surface area contributed by atoms with Gasteiger partial charge in [0, 0.05) is 21.7 Å². The van der Waals surface area contributed by atoms with Gasteiger partial charge in [-0.2, -0.15) is 26.3 Å². The molecule has 0 unspecified atom stereocenters. The third-order valence-corrected chi connectivity index (χ3v) is 5.89. The number of benzene rings is 2. The molecule has 0 aliphatic rings. The Kier molecular flexibility index (Phi) is 5.13. The van der Waals surface area contributed by atoms with Gasteiger partial charge in [-0.3, -0.25) is 0 Å². The summed E-state index contributed by atoms with van der Waals surface area (Å²) in [7, 11) is 0. The van der Waals surface area contributed by atoms with Crippen LogP contribution in [0.4, 0.5) is 26.3 Å². The Morgan fingerprint density at radius 2 is 1.60 bits per heavy atom. The number of hydrogen-bond donors (Lipinski definition) is 1. The van der Waals surface area contributed by atoms with Crippen molar-refractivity contribution in [3.8, 4) is 11.3 Å². The van der Waals surface area contributed by atoms with Crippen LogP contribution in [0.15, 0.2) is 66.0 Å². The zero-order valence-corrected chi connectivity index (χ0v) is 16.1. The first-order valence-electron chi connectivity index (χ1n) is 9.02. The Labute approximate surface area is 172 Å². The highest BCUT2D eigenvalue weighted by molar-refractivity contribution is 7.10. The molecule has 2 heterocycles. The molecule has 4 rings (SSSR count). The molecule has 1 atom stereocenters. The summed E-state index contributed by atoms with van der Waals surface area (Å²) in [5, 5.41) is 2.04. The molecule has 4 aromatic rings. The van der Waals surface area contributed by atoms with Gasteiger partial charge in [0.05, 0.1) is 17.7 Å². The van der Waals surface area contributed by atoms with Gasteiger partial charge in [0.25, 0.3) is 0 Å². The summed E-state index contributed by atoms with van der Waals surface area (Å²) in [6.07, 6.45) is -10.1. The first kappa shape index (κ1) is 20.5. The van der Waals surface area contributed by atoms with E-state index in [1.807, 2.05) is 0 Å². The van der Waals surface area contributed by atoms with Crippen LogP contribution >= 0.6 is 11.3 Å². The number of fused-ring (bicyclic) bond motifs is 1. The summed E-state index contributed by atoms with van der Waals surface area (Å²) in [5.74, 6) is -1.04. The van der Waals surface area contributed by atoms with Crippen molar-refractivity contribution in [3.05, 3.63) is 82.0 Å². The van der Waals surface area contributed by atoms with E-state index in [-0.39, 0.29) is 5.52 Å². The van der Waals surface area contributed by atoms with Crippen molar-refractivity contribution in [3.63, 3.8) is 0 Å². The normalized spacial score (nSPS) is 13.7. The largest absolute Gasteiger partial charge is 0.416 e. The summed E-state index contributed by atoms with van der Waals surface area (Å²) < 4.78 is 80.0. The van der Waals surface area contributed by atoms with Crippen LogP contribution in [0, 0.1) is 0 Å². The summed E-state index contributed by atoms with van der Waals surface area (Å²) >= 11 is 1.20. The maximum atomic E-state index is 13.5. The molecule has 0 fully saturated rings. The van der Waals surface area contributed by atoms with Crippen LogP contribution in [0.5, 0.6) is 0 Å². The highest BCUT2D eigenvalue weighted by Crippen LogP contribution is 2.45. The average Bonchev–Trinajstić information content (AvgIpc) is 3.33. The predicted molar refractivity (Wildman–Crippen MR) is 106 cm³/mol. The van der Waals surface area contributed by atoms with Crippen molar-refractivity contribution in [1.29, 1.82) is 0 Å². The van der Waals surface area contributed by atoms with E-state index in [9.17, 15) is 26.3 Å². The third kappa shape index (κ3) is 4.09. The van der Waals surface area contributed by atoms with Crippen molar-refractivity contribution in [1.82, 2.24) is 4.98 Å². The van der Waals surface area contributed by atoms with E-state index in [0.29, 0.717) is 27.1 Å². The number of thiophene rings is 1. The summed E-state index contributed by atoms with van der Waals surface area (Å²) in [6, 6.07) is 15.1. The van der Waals surface area contributed by atoms with Crippen molar-refractivity contribution in [2.75, 3.05) is 0 Å². The maximum Gasteiger partial charge on any atom is 0.416 e. The number of hydrogen-bond acceptors (Lipinski definition) is 1. The third-order valence-electron chi connectivity index (χ3n) is 4.90. The van der Waals surface area contributed by atoms with Gasteiger partial charge in [0.15, 0.2) is 0 Å². The summed E-state index contributed by atoms with van der Waals surface area (Å²) in [6.45, 7) is 0. The van der Waals surface area contributed by atoms with E-state index in [2.05, 4.69) is 4.98 Å². The number of aromatic nitrogens is 1. The Hall–Kier alpha value is -2.74. The van der Waals surface area contributed by atoms with Crippen molar-refractivity contribution >= 4 is 22.2 Å². The summed E-state index contributed by atoms with van der Waals surface area (Å²) in [4.78, 5) is 3.46. The fraction of sp³-hybridized carbons (Fsp3) is 0.182. The van der Waals surface area contributed by atoms with Gasteiger partial charge in [-0.1, -0.05) is 42.5 Å². The Morgan fingerprint density at radius 1 is 0.867 bits per heavy atom. The van der Waals surface area contributed by atoms with Crippen molar-refractivity contribution in [2.24, 2.45) is 0 Å². The number of nitrogens with one attached hydrogen (secondary N) is 1. The second-order valence-electron chi connectivity index (χ2n) is 6.93. The quantitative estimate of drug-likeness (QED) is 0.310. The highest BCUT2D eigenvalue weighted by Gasteiger charge is 2.37. The van der Waals surface area contributed by atoms with Gasteiger partial charge in [0.2, 0.25) is 0 Å².